The quantitative estimate of drug-likeness (QED) is 0.116. The molecule has 0 spiro atoms. The second-order valence-corrected chi connectivity index (χ2v) is 17.4. The molecule has 1 atom stereocenters. The Morgan fingerprint density at radius 1 is 1.06 bits per heavy atom. The monoisotopic (exact) mass is 746 g/mol. The number of pyridine rings is 1. The fraction of sp³-hybridized carbons (Fsp3) is 0.394. The third kappa shape index (κ3) is 9.70. The number of fused-ring (bicyclic) bond motifs is 1. The van der Waals surface area contributed by atoms with Crippen molar-refractivity contribution in [2.24, 2.45) is 0 Å². The molecule has 49 heavy (non-hydrogen) atoms. The molecule has 0 radical (unpaired) electrons. The van der Waals surface area contributed by atoms with Crippen molar-refractivity contribution >= 4 is 66.9 Å². The number of hydrogen-bond acceptors (Lipinski definition) is 10. The molecule has 1 aliphatic heterocycles. The molecule has 264 valence electrons. The van der Waals surface area contributed by atoms with E-state index in [1.54, 1.807) is 42.1 Å². The molecule has 2 aromatic carbocycles. The van der Waals surface area contributed by atoms with E-state index in [4.69, 9.17) is 4.74 Å². The standard InChI is InChI=1S/C33H42N6O6S4/c1-37(49(43,44)31-11-6-7-12-34-31)30-21-27(45-17-8-18-46)19-26-20-29(36-32(26)30)33(40)35-22-28(47-24-25-9-4-3-5-10-25)23-38-13-15-39(16-14-38)48(2,41)42/h3-7,9-12,19-21,28,36,46H,8,13-18,22-24H2,1-2H3,(H,35,40). The van der Waals surface area contributed by atoms with E-state index in [1.807, 2.05) is 18.2 Å². The van der Waals surface area contributed by atoms with Gasteiger partial charge in [-0.25, -0.2) is 13.4 Å². The van der Waals surface area contributed by atoms with Crippen molar-refractivity contribution in [2.45, 2.75) is 22.4 Å². The third-order valence-electron chi connectivity index (χ3n) is 8.18. The summed E-state index contributed by atoms with van der Waals surface area (Å²) in [6, 6.07) is 19.9. The van der Waals surface area contributed by atoms with Crippen molar-refractivity contribution in [3.05, 3.63) is 84.2 Å². The largest absolute Gasteiger partial charge is 0.493 e. The van der Waals surface area contributed by atoms with E-state index in [0.29, 0.717) is 80.4 Å². The molecule has 2 N–H and O–H groups in total. The smallest absolute Gasteiger partial charge is 0.281 e. The molecule has 1 unspecified atom stereocenters. The van der Waals surface area contributed by atoms with Crippen LogP contribution in [-0.2, 0) is 25.8 Å². The van der Waals surface area contributed by atoms with Crippen LogP contribution in [0.1, 0.15) is 22.5 Å². The number of thioether (sulfide) groups is 1. The van der Waals surface area contributed by atoms with Gasteiger partial charge >= 0.3 is 0 Å². The molecule has 12 nitrogen and oxygen atoms in total. The molecule has 1 amide bonds. The Balaban J connectivity index is 1.35. The minimum atomic E-state index is -4.02. The van der Waals surface area contributed by atoms with Gasteiger partial charge in [0.1, 0.15) is 11.4 Å². The summed E-state index contributed by atoms with van der Waals surface area (Å²) in [6.07, 6.45) is 3.36. The van der Waals surface area contributed by atoms with Crippen molar-refractivity contribution in [3.63, 3.8) is 0 Å². The van der Waals surface area contributed by atoms with Crippen LogP contribution in [0.2, 0.25) is 0 Å². The predicted octanol–water partition coefficient (Wildman–Crippen LogP) is 3.70. The summed E-state index contributed by atoms with van der Waals surface area (Å²) < 4.78 is 59.7. The lowest BCUT2D eigenvalue weighted by atomic mass is 10.2. The summed E-state index contributed by atoms with van der Waals surface area (Å²) in [5.74, 6) is 1.53. The van der Waals surface area contributed by atoms with E-state index in [2.05, 4.69) is 44.9 Å². The molecule has 2 aromatic heterocycles. The maximum Gasteiger partial charge on any atom is 0.281 e. The van der Waals surface area contributed by atoms with Crippen LogP contribution >= 0.6 is 24.4 Å². The molecule has 16 heteroatoms. The summed E-state index contributed by atoms with van der Waals surface area (Å²) in [6.45, 7) is 3.54. The Hall–Kier alpha value is -3.28. The van der Waals surface area contributed by atoms with Crippen LogP contribution in [0.4, 0.5) is 5.69 Å². The highest BCUT2D eigenvalue weighted by Gasteiger charge is 2.28. The van der Waals surface area contributed by atoms with E-state index in [1.165, 1.54) is 35.4 Å². The summed E-state index contributed by atoms with van der Waals surface area (Å²) in [5.41, 5.74) is 2.23. The van der Waals surface area contributed by atoms with Crippen molar-refractivity contribution < 1.29 is 26.4 Å². The van der Waals surface area contributed by atoms with Crippen LogP contribution in [0.5, 0.6) is 5.75 Å². The molecular weight excluding hydrogens is 705 g/mol. The van der Waals surface area contributed by atoms with Crippen LogP contribution in [0, 0.1) is 0 Å². The van der Waals surface area contributed by atoms with Crippen LogP contribution < -0.4 is 14.4 Å². The van der Waals surface area contributed by atoms with Gasteiger partial charge in [0.15, 0.2) is 5.03 Å². The van der Waals surface area contributed by atoms with E-state index < -0.39 is 20.0 Å². The molecule has 0 aliphatic carbocycles. The average Bonchev–Trinajstić information content (AvgIpc) is 3.54. The Kier molecular flexibility index (Phi) is 12.5. The van der Waals surface area contributed by atoms with Gasteiger partial charge in [0.2, 0.25) is 10.0 Å². The molecule has 3 heterocycles. The number of nitrogens with zero attached hydrogens (tertiary/aromatic N) is 4. The summed E-state index contributed by atoms with van der Waals surface area (Å²) in [4.78, 5) is 23.1. The van der Waals surface area contributed by atoms with Crippen molar-refractivity contribution in [1.82, 2.24) is 24.5 Å². The second-order valence-electron chi connectivity index (χ2n) is 11.7. The topological polar surface area (TPSA) is 145 Å². The van der Waals surface area contributed by atoms with Crippen molar-refractivity contribution in [1.29, 1.82) is 0 Å². The van der Waals surface area contributed by atoms with Gasteiger partial charge < -0.3 is 15.0 Å². The first kappa shape index (κ1) is 37.0. The number of aromatic nitrogens is 2. The highest BCUT2D eigenvalue weighted by Crippen LogP contribution is 2.34. The van der Waals surface area contributed by atoms with E-state index in [9.17, 15) is 21.6 Å². The Labute approximate surface area is 298 Å². The predicted molar refractivity (Wildman–Crippen MR) is 199 cm³/mol. The number of hydrogen-bond donors (Lipinski definition) is 3. The highest BCUT2D eigenvalue weighted by atomic mass is 32.2. The van der Waals surface area contributed by atoms with Gasteiger partial charge in [-0.05, 0) is 42.0 Å². The lowest BCUT2D eigenvalue weighted by Crippen LogP contribution is -2.50. The van der Waals surface area contributed by atoms with Gasteiger partial charge in [0, 0.05) is 75.0 Å². The average molecular weight is 747 g/mol. The minimum Gasteiger partial charge on any atom is -0.493 e. The molecule has 1 saturated heterocycles. The summed E-state index contributed by atoms with van der Waals surface area (Å²) in [7, 11) is -5.81. The van der Waals surface area contributed by atoms with Crippen LogP contribution in [0.3, 0.4) is 0 Å². The third-order valence-corrected chi connectivity index (χ3v) is 12.8. The number of rotatable bonds is 16. The molecular formula is C33H42N6O6S4. The fourth-order valence-electron chi connectivity index (χ4n) is 5.47. The van der Waals surface area contributed by atoms with Gasteiger partial charge in [-0.2, -0.15) is 37.1 Å². The minimum absolute atomic E-state index is 0.0235. The first-order chi connectivity index (χ1) is 23.5. The number of benzene rings is 2. The maximum atomic E-state index is 13.6. The zero-order valence-corrected chi connectivity index (χ0v) is 30.8. The summed E-state index contributed by atoms with van der Waals surface area (Å²) >= 11 is 5.98. The number of thiol groups is 1. The maximum absolute atomic E-state index is 13.6. The Morgan fingerprint density at radius 3 is 2.47 bits per heavy atom. The lowest BCUT2D eigenvalue weighted by Gasteiger charge is -2.35. The molecule has 0 bridgehead atoms. The summed E-state index contributed by atoms with van der Waals surface area (Å²) in [5, 5.41) is 3.61. The van der Waals surface area contributed by atoms with Crippen LogP contribution in [-0.4, -0.2) is 112 Å². The lowest BCUT2D eigenvalue weighted by molar-refractivity contribution is 0.0947. The van der Waals surface area contributed by atoms with E-state index in [0.717, 1.165) is 10.1 Å². The number of carbonyl (C=O) groups excluding carboxylic acids is 1. The number of amides is 1. The SMILES string of the molecule is CN(c1cc(OCCCS)cc2cc(C(=O)NCC(CN3CCN(S(C)(=O)=O)CC3)SCc3ccccc3)[nH]c12)S(=O)(=O)c1ccccn1. The molecule has 0 saturated carbocycles. The molecule has 5 rings (SSSR count). The van der Waals surface area contributed by atoms with Gasteiger partial charge in [-0.3, -0.25) is 14.0 Å². The fourth-order valence-corrected chi connectivity index (χ4v) is 8.70. The number of sulfonamides is 2. The number of ether oxygens (including phenoxy) is 1. The number of carbonyl (C=O) groups is 1. The Morgan fingerprint density at radius 2 is 1.80 bits per heavy atom. The van der Waals surface area contributed by atoms with E-state index >= 15 is 0 Å². The normalized spacial score (nSPS) is 15.2. The van der Waals surface area contributed by atoms with Gasteiger partial charge in [0.25, 0.3) is 15.9 Å². The number of H-pyrrole nitrogens is 1. The number of anilines is 1. The van der Waals surface area contributed by atoms with Gasteiger partial charge in [-0.15, -0.1) is 0 Å². The van der Waals surface area contributed by atoms with Crippen LogP contribution in [0.25, 0.3) is 10.9 Å². The van der Waals surface area contributed by atoms with Gasteiger partial charge in [-0.1, -0.05) is 36.4 Å². The molecule has 1 fully saturated rings. The number of nitrogens with one attached hydrogen (secondary N) is 2. The first-order valence-electron chi connectivity index (χ1n) is 15.9. The van der Waals surface area contributed by atoms with Crippen molar-refractivity contribution in [2.75, 3.05) is 69.2 Å². The first-order valence-corrected chi connectivity index (χ1v) is 20.8. The highest BCUT2D eigenvalue weighted by molar-refractivity contribution is 7.99. The van der Waals surface area contributed by atoms with Crippen LogP contribution in [0.15, 0.2) is 78.0 Å². The molecule has 1 aliphatic rings. The second kappa shape index (κ2) is 16.6. The zero-order valence-electron chi connectivity index (χ0n) is 27.5. The zero-order chi connectivity index (χ0) is 35.0. The van der Waals surface area contributed by atoms with Gasteiger partial charge in [0.05, 0.1) is 24.1 Å². The molecule has 4 aromatic rings. The van der Waals surface area contributed by atoms with Crippen molar-refractivity contribution in [3.8, 4) is 5.75 Å². The number of piperazine rings is 1. The number of aromatic amines is 1. The van der Waals surface area contributed by atoms with E-state index in [-0.39, 0.29) is 21.9 Å². The Bertz CT molecular complexity index is 1920.